The fourth-order valence-electron chi connectivity index (χ4n) is 4.77. The van der Waals surface area contributed by atoms with Crippen molar-refractivity contribution in [2.75, 3.05) is 52.6 Å². The van der Waals surface area contributed by atoms with Gasteiger partial charge in [0.25, 0.3) is 0 Å². The van der Waals surface area contributed by atoms with Crippen LogP contribution in [0.1, 0.15) is 32.6 Å². The third-order valence-corrected chi connectivity index (χ3v) is 6.63. The molecule has 5 aliphatic rings. The maximum atomic E-state index is 5.59. The Bertz CT molecular complexity index is 448. The van der Waals surface area contributed by atoms with E-state index in [0.29, 0.717) is 30.5 Å². The molecule has 0 radical (unpaired) electrons. The van der Waals surface area contributed by atoms with Crippen molar-refractivity contribution in [2.24, 2.45) is 0 Å². The van der Waals surface area contributed by atoms with Gasteiger partial charge in [0.05, 0.1) is 50.8 Å². The minimum absolute atomic E-state index is 0.194. The van der Waals surface area contributed by atoms with Gasteiger partial charge in [0, 0.05) is 37.8 Å². The van der Waals surface area contributed by atoms with Crippen molar-refractivity contribution in [3.63, 3.8) is 0 Å². The fourth-order valence-corrected chi connectivity index (χ4v) is 4.77. The molecule has 25 heavy (non-hydrogen) atoms. The van der Waals surface area contributed by atoms with E-state index in [1.165, 1.54) is 25.7 Å². The zero-order chi connectivity index (χ0) is 16.9. The van der Waals surface area contributed by atoms with E-state index < -0.39 is 0 Å². The molecule has 5 fully saturated rings. The number of hydrogen-bond donors (Lipinski definition) is 0. The van der Waals surface area contributed by atoms with E-state index in [4.69, 9.17) is 18.9 Å². The summed E-state index contributed by atoms with van der Waals surface area (Å²) in [5.74, 6) is 0. The molecule has 0 aromatic rings. The zero-order valence-electron chi connectivity index (χ0n) is 15.4. The highest BCUT2D eigenvalue weighted by Crippen LogP contribution is 2.39. The quantitative estimate of drug-likeness (QED) is 0.544. The van der Waals surface area contributed by atoms with Gasteiger partial charge in [-0.25, -0.2) is 0 Å². The number of hydrogen-bond acceptors (Lipinski definition) is 6. The van der Waals surface area contributed by atoms with Gasteiger partial charge in [0.1, 0.15) is 0 Å². The van der Waals surface area contributed by atoms with Crippen molar-refractivity contribution in [1.82, 2.24) is 9.80 Å². The number of nitrogens with zero attached hydrogens (tertiary/aromatic N) is 2. The standard InChI is InChI=1S/C19H32N2O4/c1-19(21(8-16-12-24-16)9-17-13-25-17)5-3-2-4-18(19)20(6-14-10-22-14)7-15-11-23-15/h14-18H,2-13H2,1H3. The van der Waals surface area contributed by atoms with Crippen LogP contribution in [0, 0.1) is 0 Å². The van der Waals surface area contributed by atoms with Gasteiger partial charge in [-0.3, -0.25) is 9.80 Å². The Morgan fingerprint density at radius 1 is 0.760 bits per heavy atom. The van der Waals surface area contributed by atoms with Crippen LogP contribution in [-0.2, 0) is 18.9 Å². The monoisotopic (exact) mass is 352 g/mol. The molecule has 4 heterocycles. The third kappa shape index (κ3) is 4.20. The summed E-state index contributed by atoms with van der Waals surface area (Å²) in [5.41, 5.74) is 0.194. The summed E-state index contributed by atoms with van der Waals surface area (Å²) in [6, 6.07) is 0.576. The Kier molecular flexibility index (Phi) is 4.55. The molecule has 0 N–H and O–H groups in total. The van der Waals surface area contributed by atoms with Crippen LogP contribution in [0.3, 0.4) is 0 Å². The smallest absolute Gasteiger partial charge is 0.0936 e. The summed E-state index contributed by atoms with van der Waals surface area (Å²) in [4.78, 5) is 5.41. The second-order valence-corrected chi connectivity index (χ2v) is 8.80. The summed E-state index contributed by atoms with van der Waals surface area (Å²) in [6.45, 7) is 10.5. The molecule has 0 amide bonds. The van der Waals surface area contributed by atoms with Gasteiger partial charge < -0.3 is 18.9 Å². The molecule has 1 aliphatic carbocycles. The first-order valence-electron chi connectivity index (χ1n) is 10.2. The van der Waals surface area contributed by atoms with Gasteiger partial charge in [0.15, 0.2) is 0 Å². The lowest BCUT2D eigenvalue weighted by molar-refractivity contribution is -0.0314. The molecule has 0 spiro atoms. The van der Waals surface area contributed by atoms with Crippen molar-refractivity contribution in [2.45, 2.75) is 68.6 Å². The molecule has 1 saturated carbocycles. The van der Waals surface area contributed by atoms with Gasteiger partial charge in [-0.2, -0.15) is 0 Å². The van der Waals surface area contributed by atoms with Crippen molar-refractivity contribution >= 4 is 0 Å². The van der Waals surface area contributed by atoms with E-state index in [1.54, 1.807) is 0 Å². The summed E-state index contributed by atoms with van der Waals surface area (Å²) in [7, 11) is 0. The van der Waals surface area contributed by atoms with Crippen LogP contribution < -0.4 is 0 Å². The highest BCUT2D eigenvalue weighted by atomic mass is 16.6. The molecule has 0 bridgehead atoms. The van der Waals surface area contributed by atoms with Gasteiger partial charge in [-0.05, 0) is 19.8 Å². The molecule has 6 atom stereocenters. The lowest BCUT2D eigenvalue weighted by Gasteiger charge is -2.53. The first kappa shape index (κ1) is 16.9. The molecule has 142 valence electrons. The summed E-state index contributed by atoms with van der Waals surface area (Å²) < 4.78 is 22.3. The summed E-state index contributed by atoms with van der Waals surface area (Å²) >= 11 is 0. The minimum Gasteiger partial charge on any atom is -0.372 e. The van der Waals surface area contributed by atoms with E-state index in [2.05, 4.69) is 16.7 Å². The minimum atomic E-state index is 0.194. The number of ether oxygens (including phenoxy) is 4. The van der Waals surface area contributed by atoms with Gasteiger partial charge in [0.2, 0.25) is 0 Å². The Balaban J connectivity index is 1.35. The SMILES string of the molecule is CC1(N(CC2CO2)CC2CO2)CCCCC1N(CC1CO1)CC1CO1. The average molecular weight is 352 g/mol. The van der Waals surface area contributed by atoms with Crippen LogP contribution in [0.2, 0.25) is 0 Å². The first-order valence-corrected chi connectivity index (χ1v) is 10.2. The van der Waals surface area contributed by atoms with Gasteiger partial charge >= 0.3 is 0 Å². The van der Waals surface area contributed by atoms with E-state index in [-0.39, 0.29) is 5.54 Å². The molecule has 4 saturated heterocycles. The van der Waals surface area contributed by atoms with Crippen LogP contribution in [0.25, 0.3) is 0 Å². The van der Waals surface area contributed by atoms with Crippen molar-refractivity contribution in [1.29, 1.82) is 0 Å². The van der Waals surface area contributed by atoms with Crippen LogP contribution in [-0.4, -0.2) is 98.4 Å². The lowest BCUT2D eigenvalue weighted by atomic mass is 9.76. The van der Waals surface area contributed by atoms with E-state index >= 15 is 0 Å². The topological polar surface area (TPSA) is 56.6 Å². The normalized spacial score (nSPS) is 45.0. The van der Waals surface area contributed by atoms with Crippen molar-refractivity contribution in [3.05, 3.63) is 0 Å². The molecule has 0 aromatic carbocycles. The zero-order valence-corrected chi connectivity index (χ0v) is 15.4. The van der Waals surface area contributed by atoms with E-state index in [9.17, 15) is 0 Å². The average Bonchev–Trinajstić information content (AvgIpc) is 3.45. The predicted octanol–water partition coefficient (Wildman–Crippen LogP) is 0.887. The number of rotatable bonds is 10. The maximum Gasteiger partial charge on any atom is 0.0936 e. The molecule has 6 unspecified atom stereocenters. The number of epoxide rings is 4. The van der Waals surface area contributed by atoms with Crippen LogP contribution in [0.5, 0.6) is 0 Å². The second kappa shape index (κ2) is 6.73. The highest BCUT2D eigenvalue weighted by molar-refractivity contribution is 5.04. The first-order chi connectivity index (χ1) is 12.2. The molecule has 0 aromatic heterocycles. The molecular formula is C19H32N2O4. The van der Waals surface area contributed by atoms with Crippen molar-refractivity contribution in [3.8, 4) is 0 Å². The Labute approximate surface area is 150 Å². The van der Waals surface area contributed by atoms with Crippen molar-refractivity contribution < 1.29 is 18.9 Å². The maximum absolute atomic E-state index is 5.59. The second-order valence-electron chi connectivity index (χ2n) is 8.80. The van der Waals surface area contributed by atoms with E-state index in [0.717, 1.165) is 52.6 Å². The Morgan fingerprint density at radius 2 is 1.24 bits per heavy atom. The summed E-state index contributed by atoms with van der Waals surface area (Å²) in [6.07, 6.45) is 6.97. The van der Waals surface area contributed by atoms with Gasteiger partial charge in [-0.1, -0.05) is 12.8 Å². The third-order valence-electron chi connectivity index (χ3n) is 6.63. The highest BCUT2D eigenvalue weighted by Gasteiger charge is 2.49. The molecule has 4 aliphatic heterocycles. The summed E-state index contributed by atoms with van der Waals surface area (Å²) in [5, 5.41) is 0. The largest absolute Gasteiger partial charge is 0.372 e. The molecule has 6 nitrogen and oxygen atoms in total. The predicted molar refractivity (Wildman–Crippen MR) is 92.8 cm³/mol. The fraction of sp³-hybridized carbons (Fsp3) is 1.00. The van der Waals surface area contributed by atoms with Crippen LogP contribution >= 0.6 is 0 Å². The van der Waals surface area contributed by atoms with Crippen LogP contribution in [0.15, 0.2) is 0 Å². The molecule has 5 rings (SSSR count). The Morgan fingerprint density at radius 3 is 1.72 bits per heavy atom. The Hall–Kier alpha value is -0.240. The van der Waals surface area contributed by atoms with E-state index in [1.807, 2.05) is 0 Å². The molecule has 6 heteroatoms. The van der Waals surface area contributed by atoms with Gasteiger partial charge in [-0.15, -0.1) is 0 Å². The lowest BCUT2D eigenvalue weighted by Crippen LogP contribution is -2.64. The van der Waals surface area contributed by atoms with Crippen LogP contribution in [0.4, 0.5) is 0 Å². The molecular weight excluding hydrogens is 320 g/mol.